The normalized spacial score (nSPS) is 14.1. The maximum absolute atomic E-state index is 11.9. The van der Waals surface area contributed by atoms with E-state index in [1.807, 2.05) is 18.2 Å². The number of amides is 1. The van der Waals surface area contributed by atoms with E-state index < -0.39 is 0 Å². The second-order valence-corrected chi connectivity index (χ2v) is 6.50. The summed E-state index contributed by atoms with van der Waals surface area (Å²) in [5.74, 6) is 0.874. The van der Waals surface area contributed by atoms with Crippen LogP contribution in [0.4, 0.5) is 5.69 Å². The molecule has 1 N–H and O–H groups in total. The van der Waals surface area contributed by atoms with Crippen molar-refractivity contribution < 1.29 is 19.0 Å². The number of ether oxygens (including phenoxy) is 3. The van der Waals surface area contributed by atoms with Crippen LogP contribution >= 0.6 is 11.6 Å². The SMILES string of the molecule is COc1cc(N2CCOCC2)ccc1/C=N\NC(=O)COc1ccc(Cl)cc1. The maximum atomic E-state index is 11.9. The third-order valence-electron chi connectivity index (χ3n) is 4.17. The molecule has 2 aromatic carbocycles. The first-order chi connectivity index (χ1) is 13.7. The number of carbonyl (C=O) groups is 1. The minimum absolute atomic E-state index is 0.147. The lowest BCUT2D eigenvalue weighted by Gasteiger charge is -2.29. The highest BCUT2D eigenvalue weighted by molar-refractivity contribution is 6.30. The number of halogens is 1. The zero-order valence-corrected chi connectivity index (χ0v) is 16.3. The number of carbonyl (C=O) groups excluding carboxylic acids is 1. The van der Waals surface area contributed by atoms with Gasteiger partial charge in [-0.15, -0.1) is 0 Å². The predicted octanol–water partition coefficient (Wildman–Crippen LogP) is 2.71. The molecule has 0 aromatic heterocycles. The molecule has 0 saturated carbocycles. The van der Waals surface area contributed by atoms with Crippen LogP contribution in [0.3, 0.4) is 0 Å². The van der Waals surface area contributed by atoms with Crippen LogP contribution in [0.25, 0.3) is 0 Å². The van der Waals surface area contributed by atoms with Crippen molar-refractivity contribution >= 4 is 29.4 Å². The third kappa shape index (κ3) is 5.61. The summed E-state index contributed by atoms with van der Waals surface area (Å²) in [6.07, 6.45) is 1.54. The van der Waals surface area contributed by atoms with Gasteiger partial charge in [-0.3, -0.25) is 4.79 Å². The van der Waals surface area contributed by atoms with E-state index in [-0.39, 0.29) is 12.5 Å². The molecule has 1 aliphatic rings. The molecular weight excluding hydrogens is 382 g/mol. The molecule has 0 bridgehead atoms. The van der Waals surface area contributed by atoms with Crippen LogP contribution in [0.1, 0.15) is 5.56 Å². The Hall–Kier alpha value is -2.77. The third-order valence-corrected chi connectivity index (χ3v) is 4.42. The number of methoxy groups -OCH3 is 1. The van der Waals surface area contributed by atoms with Gasteiger partial charge in [0.25, 0.3) is 5.91 Å². The molecule has 0 unspecified atom stereocenters. The Kier molecular flexibility index (Phi) is 7.11. The van der Waals surface area contributed by atoms with E-state index in [1.54, 1.807) is 37.6 Å². The zero-order valence-electron chi connectivity index (χ0n) is 15.6. The Bertz CT molecular complexity index is 821. The smallest absolute Gasteiger partial charge is 0.277 e. The van der Waals surface area contributed by atoms with Crippen LogP contribution in [0.5, 0.6) is 11.5 Å². The van der Waals surface area contributed by atoms with Crippen molar-refractivity contribution in [3.05, 3.63) is 53.1 Å². The monoisotopic (exact) mass is 403 g/mol. The van der Waals surface area contributed by atoms with Crippen molar-refractivity contribution in [2.75, 3.05) is 44.9 Å². The first-order valence-corrected chi connectivity index (χ1v) is 9.24. The standard InChI is InChI=1S/C20H22ClN3O4/c1-26-19-12-17(24-8-10-27-11-9-24)5-2-15(19)13-22-23-20(25)14-28-18-6-3-16(21)4-7-18/h2-7,12-13H,8-11,14H2,1H3,(H,23,25)/b22-13-. The second-order valence-electron chi connectivity index (χ2n) is 6.06. The number of rotatable bonds is 7. The summed E-state index contributed by atoms with van der Waals surface area (Å²) in [5.41, 5.74) is 4.27. The van der Waals surface area contributed by atoms with Gasteiger partial charge in [-0.05, 0) is 36.4 Å². The number of anilines is 1. The van der Waals surface area contributed by atoms with Crippen molar-refractivity contribution in [2.45, 2.75) is 0 Å². The Morgan fingerprint density at radius 3 is 2.71 bits per heavy atom. The van der Waals surface area contributed by atoms with Crippen molar-refractivity contribution in [1.29, 1.82) is 0 Å². The molecule has 1 saturated heterocycles. The van der Waals surface area contributed by atoms with E-state index in [0.717, 1.165) is 37.6 Å². The summed E-state index contributed by atoms with van der Waals surface area (Å²) in [6.45, 7) is 2.98. The average Bonchev–Trinajstić information content (AvgIpc) is 2.74. The summed E-state index contributed by atoms with van der Waals surface area (Å²) in [7, 11) is 1.61. The molecule has 0 atom stereocenters. The zero-order chi connectivity index (χ0) is 19.8. The number of nitrogens with zero attached hydrogens (tertiary/aromatic N) is 2. The minimum atomic E-state index is -0.366. The van der Waals surface area contributed by atoms with E-state index in [4.69, 9.17) is 25.8 Å². The quantitative estimate of drug-likeness (QED) is 0.568. The molecule has 0 radical (unpaired) electrons. The number of hydrogen-bond donors (Lipinski definition) is 1. The highest BCUT2D eigenvalue weighted by atomic mass is 35.5. The van der Waals surface area contributed by atoms with Crippen LogP contribution in [-0.4, -0.2) is 52.1 Å². The van der Waals surface area contributed by atoms with Gasteiger partial charge in [-0.1, -0.05) is 11.6 Å². The molecule has 1 amide bonds. The second kappa shape index (κ2) is 9.96. The summed E-state index contributed by atoms with van der Waals surface area (Å²) in [4.78, 5) is 14.1. The van der Waals surface area contributed by atoms with Gasteiger partial charge >= 0.3 is 0 Å². The van der Waals surface area contributed by atoms with Crippen LogP contribution in [0, 0.1) is 0 Å². The maximum Gasteiger partial charge on any atom is 0.277 e. The Morgan fingerprint density at radius 2 is 2.00 bits per heavy atom. The first kappa shape index (κ1) is 20.0. The Balaban J connectivity index is 1.54. The number of benzene rings is 2. The summed E-state index contributed by atoms with van der Waals surface area (Å²) < 4.78 is 16.2. The average molecular weight is 404 g/mol. The lowest BCUT2D eigenvalue weighted by Crippen LogP contribution is -2.36. The van der Waals surface area contributed by atoms with Gasteiger partial charge in [-0.25, -0.2) is 5.43 Å². The van der Waals surface area contributed by atoms with E-state index in [0.29, 0.717) is 16.5 Å². The number of hydrogen-bond acceptors (Lipinski definition) is 6. The molecular formula is C20H22ClN3O4. The van der Waals surface area contributed by atoms with Crippen LogP contribution in [-0.2, 0) is 9.53 Å². The molecule has 1 aliphatic heterocycles. The van der Waals surface area contributed by atoms with Gasteiger partial charge < -0.3 is 19.1 Å². The van der Waals surface area contributed by atoms with E-state index >= 15 is 0 Å². The molecule has 2 aromatic rings. The number of nitrogens with one attached hydrogen (secondary N) is 1. The van der Waals surface area contributed by atoms with Gasteiger partial charge in [0.2, 0.25) is 0 Å². The van der Waals surface area contributed by atoms with E-state index in [1.165, 1.54) is 0 Å². The van der Waals surface area contributed by atoms with Crippen LogP contribution < -0.4 is 19.8 Å². The summed E-state index contributed by atoms with van der Waals surface area (Å²) >= 11 is 5.81. The largest absolute Gasteiger partial charge is 0.496 e. The molecule has 1 heterocycles. The summed E-state index contributed by atoms with van der Waals surface area (Å²) in [6, 6.07) is 12.6. The Morgan fingerprint density at radius 1 is 1.25 bits per heavy atom. The molecule has 148 valence electrons. The van der Waals surface area contributed by atoms with Gasteiger partial charge in [0.15, 0.2) is 6.61 Å². The van der Waals surface area contributed by atoms with Gasteiger partial charge in [0, 0.05) is 35.4 Å². The highest BCUT2D eigenvalue weighted by Crippen LogP contribution is 2.25. The number of hydrazone groups is 1. The lowest BCUT2D eigenvalue weighted by molar-refractivity contribution is -0.123. The molecule has 0 aliphatic carbocycles. The molecule has 28 heavy (non-hydrogen) atoms. The highest BCUT2D eigenvalue weighted by Gasteiger charge is 2.13. The fraction of sp³-hybridized carbons (Fsp3) is 0.300. The molecule has 7 nitrogen and oxygen atoms in total. The first-order valence-electron chi connectivity index (χ1n) is 8.87. The van der Waals surface area contributed by atoms with Gasteiger partial charge in [0.05, 0.1) is 26.5 Å². The number of morpholine rings is 1. The molecule has 1 fully saturated rings. The fourth-order valence-corrected chi connectivity index (χ4v) is 2.84. The fourth-order valence-electron chi connectivity index (χ4n) is 2.71. The van der Waals surface area contributed by atoms with Crippen molar-refractivity contribution in [3.8, 4) is 11.5 Å². The minimum Gasteiger partial charge on any atom is -0.496 e. The predicted molar refractivity (Wildman–Crippen MR) is 109 cm³/mol. The Labute approximate surface area is 168 Å². The summed E-state index contributed by atoms with van der Waals surface area (Å²) in [5, 5.41) is 4.59. The van der Waals surface area contributed by atoms with E-state index in [2.05, 4.69) is 15.4 Å². The topological polar surface area (TPSA) is 72.4 Å². The van der Waals surface area contributed by atoms with Crippen LogP contribution in [0.2, 0.25) is 5.02 Å². The van der Waals surface area contributed by atoms with Crippen molar-refractivity contribution in [3.63, 3.8) is 0 Å². The van der Waals surface area contributed by atoms with Gasteiger partial charge in [-0.2, -0.15) is 5.10 Å². The molecule has 8 heteroatoms. The molecule has 3 rings (SSSR count). The van der Waals surface area contributed by atoms with Crippen LogP contribution in [0.15, 0.2) is 47.6 Å². The lowest BCUT2D eigenvalue weighted by atomic mass is 10.1. The van der Waals surface area contributed by atoms with Crippen molar-refractivity contribution in [2.24, 2.45) is 5.10 Å². The molecule has 0 spiro atoms. The van der Waals surface area contributed by atoms with Crippen molar-refractivity contribution in [1.82, 2.24) is 5.43 Å². The van der Waals surface area contributed by atoms with Gasteiger partial charge in [0.1, 0.15) is 11.5 Å². The van der Waals surface area contributed by atoms with E-state index in [9.17, 15) is 4.79 Å².